The van der Waals surface area contributed by atoms with Crippen molar-refractivity contribution in [2.45, 2.75) is 18.4 Å². The van der Waals surface area contributed by atoms with Crippen molar-refractivity contribution in [1.29, 1.82) is 0 Å². The van der Waals surface area contributed by atoms with E-state index in [4.69, 9.17) is 11.6 Å². The highest BCUT2D eigenvalue weighted by atomic mass is 35.5. The molecule has 144 valence electrons. The first-order valence-corrected chi connectivity index (χ1v) is 9.95. The van der Waals surface area contributed by atoms with E-state index in [0.717, 1.165) is 9.87 Å². The van der Waals surface area contributed by atoms with Gasteiger partial charge in [0.2, 0.25) is 15.9 Å². The zero-order valence-electron chi connectivity index (χ0n) is 14.8. The Morgan fingerprint density at radius 1 is 1.26 bits per heavy atom. The zero-order chi connectivity index (χ0) is 20.0. The number of carbonyl (C=O) groups is 1. The van der Waals surface area contributed by atoms with Gasteiger partial charge >= 0.3 is 0 Å². The third-order valence-electron chi connectivity index (χ3n) is 3.82. The van der Waals surface area contributed by atoms with E-state index in [9.17, 15) is 17.6 Å². The molecule has 0 bridgehead atoms. The van der Waals surface area contributed by atoms with Crippen LogP contribution in [-0.2, 0) is 21.4 Å². The molecule has 2 aromatic carbocycles. The average Bonchev–Trinajstić information content (AvgIpc) is 2.62. The van der Waals surface area contributed by atoms with Crippen LogP contribution in [0.15, 0.2) is 60.0 Å². The molecule has 2 aromatic rings. The minimum Gasteiger partial charge on any atom is -0.351 e. The van der Waals surface area contributed by atoms with Crippen molar-refractivity contribution in [1.82, 2.24) is 9.62 Å². The van der Waals surface area contributed by atoms with E-state index < -0.39 is 28.3 Å². The summed E-state index contributed by atoms with van der Waals surface area (Å²) in [5.74, 6) is -1.17. The van der Waals surface area contributed by atoms with E-state index in [1.807, 2.05) is 6.92 Å². The Balaban J connectivity index is 2.41. The summed E-state index contributed by atoms with van der Waals surface area (Å²) in [5.41, 5.74) is 0.896. The number of benzene rings is 2. The van der Waals surface area contributed by atoms with E-state index >= 15 is 0 Å². The fourth-order valence-corrected chi connectivity index (χ4v) is 3.93. The largest absolute Gasteiger partial charge is 0.351 e. The van der Waals surface area contributed by atoms with Gasteiger partial charge in [-0.1, -0.05) is 41.4 Å². The van der Waals surface area contributed by atoms with Gasteiger partial charge in [-0.25, -0.2) is 12.8 Å². The van der Waals surface area contributed by atoms with E-state index in [-0.39, 0.29) is 28.6 Å². The minimum atomic E-state index is -4.05. The summed E-state index contributed by atoms with van der Waals surface area (Å²) >= 11 is 6.04. The predicted octanol–water partition coefficient (Wildman–Crippen LogP) is 3.28. The van der Waals surface area contributed by atoms with E-state index in [2.05, 4.69) is 11.9 Å². The summed E-state index contributed by atoms with van der Waals surface area (Å²) in [6.07, 6.45) is 1.48. The number of carbonyl (C=O) groups excluding carboxylic acids is 1. The van der Waals surface area contributed by atoms with Crippen LogP contribution in [-0.4, -0.2) is 31.7 Å². The second-order valence-corrected chi connectivity index (χ2v) is 8.22. The van der Waals surface area contributed by atoms with Crippen molar-refractivity contribution in [2.24, 2.45) is 0 Å². The van der Waals surface area contributed by atoms with Crippen molar-refractivity contribution in [2.75, 3.05) is 13.1 Å². The van der Waals surface area contributed by atoms with Crippen LogP contribution in [0.3, 0.4) is 0 Å². The molecule has 27 heavy (non-hydrogen) atoms. The summed E-state index contributed by atoms with van der Waals surface area (Å²) in [7, 11) is -4.05. The van der Waals surface area contributed by atoms with Crippen LogP contribution in [0.2, 0.25) is 5.02 Å². The normalized spacial score (nSPS) is 11.4. The van der Waals surface area contributed by atoms with Crippen LogP contribution in [0.4, 0.5) is 4.39 Å². The molecule has 0 unspecified atom stereocenters. The van der Waals surface area contributed by atoms with Gasteiger partial charge in [0.1, 0.15) is 5.82 Å². The molecular weight excluding hydrogens is 391 g/mol. The fourth-order valence-electron chi connectivity index (χ4n) is 2.35. The second kappa shape index (κ2) is 9.12. The van der Waals surface area contributed by atoms with Crippen molar-refractivity contribution >= 4 is 27.5 Å². The molecule has 0 aliphatic heterocycles. The maximum absolute atomic E-state index is 14.2. The molecule has 1 amide bonds. The van der Waals surface area contributed by atoms with Gasteiger partial charge < -0.3 is 5.32 Å². The molecule has 0 saturated heterocycles. The highest BCUT2D eigenvalue weighted by molar-refractivity contribution is 7.89. The summed E-state index contributed by atoms with van der Waals surface area (Å²) in [4.78, 5) is 12.1. The van der Waals surface area contributed by atoms with Crippen molar-refractivity contribution in [3.8, 4) is 0 Å². The van der Waals surface area contributed by atoms with Crippen LogP contribution in [0.5, 0.6) is 0 Å². The molecule has 0 spiro atoms. The summed E-state index contributed by atoms with van der Waals surface area (Å²) in [5, 5.41) is 2.61. The summed E-state index contributed by atoms with van der Waals surface area (Å²) in [6.45, 7) is 4.67. The number of hydrogen-bond donors (Lipinski definition) is 1. The van der Waals surface area contributed by atoms with Crippen LogP contribution in [0.1, 0.15) is 11.1 Å². The lowest BCUT2D eigenvalue weighted by atomic mass is 10.2. The highest BCUT2D eigenvalue weighted by Crippen LogP contribution is 2.24. The van der Waals surface area contributed by atoms with Crippen molar-refractivity contribution in [3.63, 3.8) is 0 Å². The molecule has 0 aliphatic rings. The van der Waals surface area contributed by atoms with Gasteiger partial charge in [0.15, 0.2) is 0 Å². The second-order valence-electron chi connectivity index (χ2n) is 5.88. The lowest BCUT2D eigenvalue weighted by Crippen LogP contribution is -2.40. The predicted molar refractivity (Wildman–Crippen MR) is 103 cm³/mol. The minimum absolute atomic E-state index is 0.00590. The van der Waals surface area contributed by atoms with Crippen LogP contribution >= 0.6 is 11.6 Å². The monoisotopic (exact) mass is 410 g/mol. The van der Waals surface area contributed by atoms with Crippen molar-refractivity contribution in [3.05, 3.63) is 77.1 Å². The Morgan fingerprint density at radius 3 is 2.52 bits per heavy atom. The molecule has 0 saturated carbocycles. The molecule has 0 radical (unpaired) electrons. The third kappa shape index (κ3) is 5.38. The van der Waals surface area contributed by atoms with Gasteiger partial charge in [0, 0.05) is 23.7 Å². The quantitative estimate of drug-likeness (QED) is 0.679. The molecule has 0 aromatic heterocycles. The Labute approximate surface area is 163 Å². The first-order valence-electron chi connectivity index (χ1n) is 8.13. The summed E-state index contributed by atoms with van der Waals surface area (Å²) < 4.78 is 41.2. The fraction of sp³-hybridized carbons (Fsp3) is 0.211. The zero-order valence-corrected chi connectivity index (χ0v) is 16.4. The Kier molecular flexibility index (Phi) is 7.12. The number of halogens is 2. The molecule has 5 nitrogen and oxygen atoms in total. The summed E-state index contributed by atoms with van der Waals surface area (Å²) in [6, 6.07) is 10.3. The van der Waals surface area contributed by atoms with Gasteiger partial charge in [-0.2, -0.15) is 4.31 Å². The van der Waals surface area contributed by atoms with E-state index in [0.29, 0.717) is 0 Å². The van der Waals surface area contributed by atoms with Crippen LogP contribution < -0.4 is 5.32 Å². The molecule has 2 rings (SSSR count). The molecule has 0 atom stereocenters. The van der Waals surface area contributed by atoms with E-state index in [1.165, 1.54) is 36.4 Å². The van der Waals surface area contributed by atoms with E-state index in [1.54, 1.807) is 12.1 Å². The molecule has 0 fully saturated rings. The average molecular weight is 411 g/mol. The maximum Gasteiger partial charge on any atom is 0.243 e. The number of amides is 1. The Bertz CT molecular complexity index is 910. The molecule has 0 heterocycles. The van der Waals surface area contributed by atoms with Crippen LogP contribution in [0.25, 0.3) is 0 Å². The lowest BCUT2D eigenvalue weighted by molar-refractivity contribution is -0.121. The number of aryl methyl sites for hydroxylation is 1. The third-order valence-corrected chi connectivity index (χ3v) is 5.98. The van der Waals surface area contributed by atoms with Gasteiger partial charge in [-0.15, -0.1) is 6.58 Å². The van der Waals surface area contributed by atoms with Gasteiger partial charge in [-0.3, -0.25) is 4.79 Å². The first-order chi connectivity index (χ1) is 12.8. The smallest absolute Gasteiger partial charge is 0.243 e. The van der Waals surface area contributed by atoms with Crippen LogP contribution in [0, 0.1) is 12.7 Å². The standard InChI is InChI=1S/C19H20ClFN2O3S/c1-3-11-22-19(24)13-23(12-16-17(20)5-4-6-18(16)21)27(25,26)15-9-7-14(2)8-10-15/h3-10H,1,11-13H2,2H3,(H,22,24). The lowest BCUT2D eigenvalue weighted by Gasteiger charge is -2.22. The van der Waals surface area contributed by atoms with Gasteiger partial charge in [0.25, 0.3) is 0 Å². The molecule has 0 aliphatic carbocycles. The maximum atomic E-state index is 14.2. The number of rotatable bonds is 8. The molecule has 1 N–H and O–H groups in total. The number of nitrogens with one attached hydrogen (secondary N) is 1. The van der Waals surface area contributed by atoms with Gasteiger partial charge in [0.05, 0.1) is 11.4 Å². The Morgan fingerprint density at radius 2 is 1.93 bits per heavy atom. The highest BCUT2D eigenvalue weighted by Gasteiger charge is 2.28. The Hall–Kier alpha value is -2.22. The molecule has 8 heteroatoms. The SMILES string of the molecule is C=CCNC(=O)CN(Cc1c(F)cccc1Cl)S(=O)(=O)c1ccc(C)cc1. The van der Waals surface area contributed by atoms with Gasteiger partial charge in [-0.05, 0) is 31.2 Å². The topological polar surface area (TPSA) is 66.5 Å². The molecular formula is C19H20ClFN2O3S. The first kappa shape index (κ1) is 21.1. The van der Waals surface area contributed by atoms with Crippen molar-refractivity contribution < 1.29 is 17.6 Å². The number of nitrogens with zero attached hydrogens (tertiary/aromatic N) is 1. The number of hydrogen-bond acceptors (Lipinski definition) is 3. The number of sulfonamides is 1.